The quantitative estimate of drug-likeness (QED) is 0.804. The number of hydrogen-bond acceptors (Lipinski definition) is 5. The molecule has 2 amide bonds. The number of anilines is 1. The fourth-order valence-electron chi connectivity index (χ4n) is 3.60. The maximum atomic E-state index is 12.7. The number of rotatable bonds is 2. The summed E-state index contributed by atoms with van der Waals surface area (Å²) in [5, 5.41) is 0.632. The summed E-state index contributed by atoms with van der Waals surface area (Å²) >= 11 is 6.03. The lowest BCUT2D eigenvalue weighted by Gasteiger charge is -2.39. The number of fused-ring (bicyclic) bond motifs is 1. The number of benzene rings is 1. The van der Waals surface area contributed by atoms with Crippen molar-refractivity contribution in [1.29, 1.82) is 0 Å². The molecule has 0 spiro atoms. The number of hydrogen-bond donors (Lipinski definition) is 0. The SMILES string of the molecule is CN(C(=O)N1CCOCC1)C1CCCN(c2nc3ccc(Cl)cc3o2)C1. The molecule has 0 saturated carbocycles. The molecule has 0 bridgehead atoms. The standard InChI is InChI=1S/C18H23ClN4O3/c1-21(18(24)22-7-9-25-10-8-22)14-3-2-6-23(12-14)17-20-15-5-4-13(19)11-16(15)26-17/h4-5,11,14H,2-3,6-10,12H2,1H3. The van der Waals surface area contributed by atoms with Crippen molar-refractivity contribution in [3.8, 4) is 0 Å². The average Bonchev–Trinajstić information content (AvgIpc) is 3.11. The highest BCUT2D eigenvalue weighted by Gasteiger charge is 2.31. The number of oxazole rings is 1. The molecule has 1 aromatic carbocycles. The molecule has 8 heteroatoms. The number of halogens is 1. The Balaban J connectivity index is 1.46. The van der Waals surface area contributed by atoms with Gasteiger partial charge in [0.25, 0.3) is 6.01 Å². The van der Waals surface area contributed by atoms with Gasteiger partial charge in [0.15, 0.2) is 5.58 Å². The summed E-state index contributed by atoms with van der Waals surface area (Å²) in [4.78, 5) is 23.2. The highest BCUT2D eigenvalue weighted by Crippen LogP contribution is 2.27. The topological polar surface area (TPSA) is 62.1 Å². The van der Waals surface area contributed by atoms with E-state index in [-0.39, 0.29) is 12.1 Å². The number of carbonyl (C=O) groups excluding carboxylic acids is 1. The molecule has 2 fully saturated rings. The van der Waals surface area contributed by atoms with Gasteiger partial charge in [0.1, 0.15) is 5.52 Å². The number of likely N-dealkylation sites (N-methyl/N-ethyl adjacent to an activating group) is 1. The molecule has 26 heavy (non-hydrogen) atoms. The van der Waals surface area contributed by atoms with Gasteiger partial charge in [-0.25, -0.2) is 4.79 Å². The summed E-state index contributed by atoms with van der Waals surface area (Å²) in [6.45, 7) is 4.13. The monoisotopic (exact) mass is 378 g/mol. The molecule has 1 unspecified atom stereocenters. The normalized spacial score (nSPS) is 21.2. The zero-order valence-corrected chi connectivity index (χ0v) is 15.6. The highest BCUT2D eigenvalue weighted by molar-refractivity contribution is 6.31. The molecule has 2 aromatic rings. The van der Waals surface area contributed by atoms with Crippen molar-refractivity contribution < 1.29 is 13.9 Å². The van der Waals surface area contributed by atoms with Crippen LogP contribution in [0, 0.1) is 0 Å². The Hall–Kier alpha value is -1.99. The van der Waals surface area contributed by atoms with Crippen molar-refractivity contribution in [3.05, 3.63) is 23.2 Å². The third-order valence-corrected chi connectivity index (χ3v) is 5.37. The third kappa shape index (κ3) is 3.46. The minimum absolute atomic E-state index is 0.0736. The second-order valence-corrected chi connectivity index (χ2v) is 7.28. The lowest BCUT2D eigenvalue weighted by atomic mass is 10.1. The zero-order chi connectivity index (χ0) is 18.1. The molecule has 3 heterocycles. The van der Waals surface area contributed by atoms with Crippen molar-refractivity contribution in [1.82, 2.24) is 14.8 Å². The Morgan fingerprint density at radius 2 is 2.12 bits per heavy atom. The summed E-state index contributed by atoms with van der Waals surface area (Å²) in [6, 6.07) is 6.26. The number of piperidine rings is 1. The van der Waals surface area contributed by atoms with Crippen LogP contribution in [0.2, 0.25) is 5.02 Å². The molecule has 140 valence electrons. The summed E-state index contributed by atoms with van der Waals surface area (Å²) in [5.41, 5.74) is 1.48. The zero-order valence-electron chi connectivity index (χ0n) is 14.9. The Morgan fingerprint density at radius 1 is 1.31 bits per heavy atom. The Labute approximate surface area is 157 Å². The van der Waals surface area contributed by atoms with Crippen molar-refractivity contribution >= 4 is 34.7 Å². The van der Waals surface area contributed by atoms with Gasteiger partial charge in [-0.2, -0.15) is 4.98 Å². The van der Waals surface area contributed by atoms with Gasteiger partial charge in [0.2, 0.25) is 0 Å². The van der Waals surface area contributed by atoms with Crippen LogP contribution >= 0.6 is 11.6 Å². The molecular weight excluding hydrogens is 356 g/mol. The van der Waals surface area contributed by atoms with Crippen molar-refractivity contribution in [3.63, 3.8) is 0 Å². The maximum absolute atomic E-state index is 12.7. The predicted octanol–water partition coefficient (Wildman–Crippen LogP) is 2.83. The van der Waals surface area contributed by atoms with Crippen LogP contribution in [0.4, 0.5) is 10.8 Å². The van der Waals surface area contributed by atoms with Gasteiger partial charge in [0.05, 0.1) is 19.3 Å². The first-order chi connectivity index (χ1) is 12.6. The molecule has 1 aromatic heterocycles. The van der Waals surface area contributed by atoms with E-state index in [1.807, 2.05) is 29.0 Å². The average molecular weight is 379 g/mol. The van der Waals surface area contributed by atoms with Gasteiger partial charge in [-0.1, -0.05) is 11.6 Å². The molecule has 2 saturated heterocycles. The minimum atomic E-state index is 0.0736. The van der Waals surface area contributed by atoms with E-state index >= 15 is 0 Å². The van der Waals surface area contributed by atoms with E-state index in [1.54, 1.807) is 6.07 Å². The summed E-state index contributed by atoms with van der Waals surface area (Å²) in [6.07, 6.45) is 1.97. The number of ether oxygens (including phenoxy) is 1. The van der Waals surface area contributed by atoms with Gasteiger partial charge < -0.3 is 23.9 Å². The van der Waals surface area contributed by atoms with Crippen LogP contribution in [0.25, 0.3) is 11.1 Å². The second kappa shape index (κ2) is 7.32. The molecule has 1 atom stereocenters. The second-order valence-electron chi connectivity index (χ2n) is 6.84. The van der Waals surface area contributed by atoms with Crippen LogP contribution in [0.15, 0.2) is 22.6 Å². The van der Waals surface area contributed by atoms with E-state index < -0.39 is 0 Å². The van der Waals surface area contributed by atoms with Crippen molar-refractivity contribution in [2.45, 2.75) is 18.9 Å². The molecule has 0 aliphatic carbocycles. The Bertz CT molecular complexity index is 790. The number of morpholine rings is 1. The van der Waals surface area contributed by atoms with Crippen LogP contribution < -0.4 is 4.90 Å². The summed E-state index contributed by atoms with van der Waals surface area (Å²) in [5.74, 6) is 0. The Kier molecular flexibility index (Phi) is 4.91. The molecule has 0 radical (unpaired) electrons. The van der Waals surface area contributed by atoms with Crippen LogP contribution in [0.3, 0.4) is 0 Å². The van der Waals surface area contributed by atoms with Crippen LogP contribution in [-0.4, -0.2) is 73.3 Å². The van der Waals surface area contributed by atoms with Crippen molar-refractivity contribution in [2.24, 2.45) is 0 Å². The summed E-state index contributed by atoms with van der Waals surface area (Å²) in [7, 11) is 1.89. The van der Waals surface area contributed by atoms with Gasteiger partial charge in [0, 0.05) is 44.3 Å². The molecule has 7 nitrogen and oxygen atoms in total. The molecular formula is C18H23ClN4O3. The van der Waals surface area contributed by atoms with Gasteiger partial charge in [-0.3, -0.25) is 0 Å². The highest BCUT2D eigenvalue weighted by atomic mass is 35.5. The first kappa shape index (κ1) is 17.4. The predicted molar refractivity (Wildman–Crippen MR) is 99.8 cm³/mol. The summed E-state index contributed by atoms with van der Waals surface area (Å²) < 4.78 is 11.2. The number of amides is 2. The van der Waals surface area contributed by atoms with Gasteiger partial charge >= 0.3 is 6.03 Å². The smallest absolute Gasteiger partial charge is 0.320 e. The Morgan fingerprint density at radius 3 is 2.92 bits per heavy atom. The van der Waals surface area contributed by atoms with E-state index in [9.17, 15) is 4.79 Å². The van der Waals surface area contributed by atoms with Crippen LogP contribution in [0.5, 0.6) is 0 Å². The first-order valence-corrected chi connectivity index (χ1v) is 9.40. The maximum Gasteiger partial charge on any atom is 0.320 e. The van der Waals surface area contributed by atoms with E-state index in [1.165, 1.54) is 0 Å². The lowest BCUT2D eigenvalue weighted by Crippen LogP contribution is -2.54. The molecule has 0 N–H and O–H groups in total. The molecule has 2 aliphatic rings. The molecule has 2 aliphatic heterocycles. The fourth-order valence-corrected chi connectivity index (χ4v) is 3.76. The number of nitrogens with zero attached hydrogens (tertiary/aromatic N) is 4. The van der Waals surface area contributed by atoms with Crippen LogP contribution in [-0.2, 0) is 4.74 Å². The van der Waals surface area contributed by atoms with Gasteiger partial charge in [-0.15, -0.1) is 0 Å². The van der Waals surface area contributed by atoms with E-state index in [2.05, 4.69) is 9.88 Å². The van der Waals surface area contributed by atoms with Crippen LogP contribution in [0.1, 0.15) is 12.8 Å². The number of carbonyl (C=O) groups is 1. The minimum Gasteiger partial charge on any atom is -0.423 e. The van der Waals surface area contributed by atoms with E-state index in [0.29, 0.717) is 49.5 Å². The molecule has 4 rings (SSSR count). The number of aromatic nitrogens is 1. The first-order valence-electron chi connectivity index (χ1n) is 9.02. The largest absolute Gasteiger partial charge is 0.423 e. The van der Waals surface area contributed by atoms with Gasteiger partial charge in [-0.05, 0) is 25.0 Å². The third-order valence-electron chi connectivity index (χ3n) is 5.14. The van der Waals surface area contributed by atoms with E-state index in [4.69, 9.17) is 20.8 Å². The van der Waals surface area contributed by atoms with E-state index in [0.717, 1.165) is 24.9 Å². The fraction of sp³-hybridized carbons (Fsp3) is 0.556. The number of urea groups is 1. The van der Waals surface area contributed by atoms with Crippen molar-refractivity contribution in [2.75, 3.05) is 51.3 Å². The lowest BCUT2D eigenvalue weighted by molar-refractivity contribution is 0.0413.